The molecule has 1 fully saturated rings. The molecule has 1 saturated heterocycles. The third-order valence-corrected chi connectivity index (χ3v) is 5.69. The number of anilines is 1. The number of carbonyl (C=O) groups is 1. The van der Waals surface area contributed by atoms with Crippen molar-refractivity contribution in [2.24, 2.45) is 0 Å². The highest BCUT2D eigenvalue weighted by atomic mass is 16.6. The molecule has 7 nitrogen and oxygen atoms in total. The van der Waals surface area contributed by atoms with Gasteiger partial charge in [-0.25, -0.2) is 0 Å². The van der Waals surface area contributed by atoms with Crippen LogP contribution in [0.4, 0.5) is 11.4 Å². The minimum Gasteiger partial charge on any atom is -0.484 e. The van der Waals surface area contributed by atoms with Crippen molar-refractivity contribution in [3.63, 3.8) is 0 Å². The number of carbonyl (C=O) groups excluding carboxylic acids is 1. The lowest BCUT2D eigenvalue weighted by atomic mass is 9.93. The van der Waals surface area contributed by atoms with Crippen molar-refractivity contribution in [3.05, 3.63) is 75.8 Å². The van der Waals surface area contributed by atoms with Gasteiger partial charge >= 0.3 is 0 Å². The lowest BCUT2D eigenvalue weighted by Gasteiger charge is -2.29. The van der Waals surface area contributed by atoms with Gasteiger partial charge in [-0.1, -0.05) is 42.5 Å². The molecule has 2 heterocycles. The first-order chi connectivity index (χ1) is 14.3. The molecule has 7 heteroatoms. The highest BCUT2D eigenvalue weighted by Crippen LogP contribution is 2.55. The largest absolute Gasteiger partial charge is 0.484 e. The summed E-state index contributed by atoms with van der Waals surface area (Å²) in [4.78, 5) is 23.9. The molecule has 0 bridgehead atoms. The van der Waals surface area contributed by atoms with Gasteiger partial charge in [-0.3, -0.25) is 14.9 Å². The van der Waals surface area contributed by atoms with Crippen LogP contribution >= 0.6 is 0 Å². The third-order valence-electron chi connectivity index (χ3n) is 5.69. The van der Waals surface area contributed by atoms with Crippen molar-refractivity contribution < 1.29 is 19.2 Å². The molecule has 1 amide bonds. The number of benzene rings is 3. The number of epoxide rings is 1. The van der Waals surface area contributed by atoms with Crippen LogP contribution in [0, 0.1) is 10.1 Å². The molecule has 1 N–H and O–H groups in total. The smallest absolute Gasteiger partial charge is 0.296 e. The van der Waals surface area contributed by atoms with E-state index in [1.165, 1.54) is 6.07 Å². The van der Waals surface area contributed by atoms with E-state index < -0.39 is 10.5 Å². The lowest BCUT2D eigenvalue weighted by molar-refractivity contribution is -0.384. The minimum atomic E-state index is -0.551. The van der Waals surface area contributed by atoms with E-state index in [1.54, 1.807) is 6.07 Å². The molecule has 0 radical (unpaired) electrons. The molecule has 0 saturated carbocycles. The van der Waals surface area contributed by atoms with Crippen LogP contribution in [-0.4, -0.2) is 22.5 Å². The number of nitrogens with zero attached hydrogens (tertiary/aromatic N) is 1. The molecule has 152 valence electrons. The zero-order chi connectivity index (χ0) is 21.0. The van der Waals surface area contributed by atoms with Crippen molar-refractivity contribution >= 4 is 28.1 Å². The molecule has 2 atom stereocenters. The van der Waals surface area contributed by atoms with Crippen molar-refractivity contribution in [3.8, 4) is 5.75 Å². The van der Waals surface area contributed by atoms with Crippen LogP contribution in [0.5, 0.6) is 5.75 Å². The lowest BCUT2D eigenvalue weighted by Crippen LogP contribution is -2.37. The van der Waals surface area contributed by atoms with Gasteiger partial charge in [0.2, 0.25) is 5.91 Å². The first-order valence-electron chi connectivity index (χ1n) is 9.77. The van der Waals surface area contributed by atoms with E-state index in [-0.39, 0.29) is 35.9 Å². The molecular formula is C23H20N2O5. The summed E-state index contributed by atoms with van der Waals surface area (Å²) in [6, 6.07) is 16.6. The van der Waals surface area contributed by atoms with Crippen molar-refractivity contribution in [2.45, 2.75) is 38.1 Å². The summed E-state index contributed by atoms with van der Waals surface area (Å²) in [7, 11) is 0. The van der Waals surface area contributed by atoms with Crippen LogP contribution in [0.15, 0.2) is 54.6 Å². The molecule has 2 aliphatic heterocycles. The third kappa shape index (κ3) is 3.07. The zero-order valence-corrected chi connectivity index (χ0v) is 16.5. The zero-order valence-electron chi connectivity index (χ0n) is 16.5. The standard InChI is InChI=1S/C23H20N2O5/c1-23(2)22-21(29-22)16-11-17(18(25(27)28)12-19(16)30-23)24-20(26)10-14-8-5-7-13-6-3-4-9-15(13)14/h3-9,11-12,21-22H,10H2,1-2H3,(H,24,26)/t21-,22-/m1/s1. The highest BCUT2D eigenvalue weighted by Gasteiger charge is 2.57. The number of hydrogen-bond acceptors (Lipinski definition) is 5. The predicted molar refractivity (Wildman–Crippen MR) is 112 cm³/mol. The van der Waals surface area contributed by atoms with Gasteiger partial charge in [0, 0.05) is 5.56 Å². The van der Waals surface area contributed by atoms with Crippen LogP contribution in [0.25, 0.3) is 10.8 Å². The molecule has 0 aromatic heterocycles. The fraction of sp³-hybridized carbons (Fsp3) is 0.261. The summed E-state index contributed by atoms with van der Waals surface area (Å²) in [6.07, 6.45) is -0.147. The fourth-order valence-corrected chi connectivity index (χ4v) is 4.18. The van der Waals surface area contributed by atoms with Crippen molar-refractivity contribution in [1.29, 1.82) is 0 Å². The normalized spacial score (nSPS) is 20.6. The van der Waals surface area contributed by atoms with E-state index in [2.05, 4.69) is 5.32 Å². The van der Waals surface area contributed by atoms with Gasteiger partial charge in [-0.15, -0.1) is 0 Å². The van der Waals surface area contributed by atoms with Gasteiger partial charge < -0.3 is 14.8 Å². The maximum atomic E-state index is 12.8. The second-order valence-corrected chi connectivity index (χ2v) is 8.21. The number of amides is 1. The second-order valence-electron chi connectivity index (χ2n) is 8.21. The number of nitro benzene ring substituents is 1. The van der Waals surface area contributed by atoms with E-state index >= 15 is 0 Å². The average Bonchev–Trinajstić information content (AvgIpc) is 3.50. The Hall–Kier alpha value is -3.45. The fourth-order valence-electron chi connectivity index (χ4n) is 4.18. The van der Waals surface area contributed by atoms with Crippen LogP contribution in [0.1, 0.15) is 31.1 Å². The average molecular weight is 404 g/mol. The summed E-state index contributed by atoms with van der Waals surface area (Å²) in [6.45, 7) is 3.79. The summed E-state index contributed by atoms with van der Waals surface area (Å²) < 4.78 is 11.6. The monoisotopic (exact) mass is 404 g/mol. The van der Waals surface area contributed by atoms with Crippen LogP contribution in [0.2, 0.25) is 0 Å². The van der Waals surface area contributed by atoms with Gasteiger partial charge in [-0.2, -0.15) is 0 Å². The predicted octanol–water partition coefficient (Wildman–Crippen LogP) is 4.54. The van der Waals surface area contributed by atoms with Gasteiger partial charge in [0.05, 0.1) is 17.4 Å². The molecule has 3 aromatic rings. The van der Waals surface area contributed by atoms with Gasteiger partial charge in [0.15, 0.2) is 0 Å². The number of fused-ring (bicyclic) bond motifs is 4. The molecule has 3 aromatic carbocycles. The molecule has 0 unspecified atom stereocenters. The summed E-state index contributed by atoms with van der Waals surface area (Å²) in [5.41, 5.74) is 0.994. The van der Waals surface area contributed by atoms with Crippen molar-refractivity contribution in [2.75, 3.05) is 5.32 Å². The summed E-state index contributed by atoms with van der Waals surface area (Å²) in [5.74, 6) is 0.109. The quantitative estimate of drug-likeness (QED) is 0.391. The Morgan fingerprint density at radius 3 is 2.73 bits per heavy atom. The van der Waals surface area contributed by atoms with Gasteiger partial charge in [0.1, 0.15) is 29.2 Å². The Morgan fingerprint density at radius 1 is 1.17 bits per heavy atom. The second kappa shape index (κ2) is 6.53. The Balaban J connectivity index is 1.45. The Kier molecular flexibility index (Phi) is 4.04. The molecule has 2 aliphatic rings. The SMILES string of the molecule is CC1(C)Oc2cc([N+](=O)[O-])c(NC(=O)Cc3cccc4ccccc34)cc2[C@H]2O[C@H]21. The minimum absolute atomic E-state index is 0.0920. The first kappa shape index (κ1) is 18.6. The van der Waals surface area contributed by atoms with Gasteiger partial charge in [0.25, 0.3) is 5.69 Å². The van der Waals surface area contributed by atoms with E-state index in [9.17, 15) is 14.9 Å². The molecule has 5 rings (SSSR count). The molecule has 0 aliphatic carbocycles. The first-order valence-corrected chi connectivity index (χ1v) is 9.77. The highest BCUT2D eigenvalue weighted by molar-refractivity contribution is 5.97. The number of rotatable bonds is 4. The summed E-state index contributed by atoms with van der Waals surface area (Å²) >= 11 is 0. The maximum absolute atomic E-state index is 12.8. The Bertz CT molecular complexity index is 1200. The number of ether oxygens (including phenoxy) is 2. The Labute approximate surface area is 172 Å². The van der Waals surface area contributed by atoms with E-state index in [0.717, 1.165) is 21.9 Å². The molecular weight excluding hydrogens is 384 g/mol. The van der Waals surface area contributed by atoms with Crippen LogP contribution in [-0.2, 0) is 16.0 Å². The number of nitrogens with one attached hydrogen (secondary N) is 1. The topological polar surface area (TPSA) is 94.0 Å². The summed E-state index contributed by atoms with van der Waals surface area (Å²) in [5, 5.41) is 16.4. The van der Waals surface area contributed by atoms with E-state index in [0.29, 0.717) is 5.75 Å². The van der Waals surface area contributed by atoms with Crippen molar-refractivity contribution in [1.82, 2.24) is 0 Å². The van der Waals surface area contributed by atoms with Gasteiger partial charge in [-0.05, 0) is 36.2 Å². The number of nitro groups is 1. The number of hydrogen-bond donors (Lipinski definition) is 1. The van der Waals surface area contributed by atoms with E-state index in [4.69, 9.17) is 9.47 Å². The Morgan fingerprint density at radius 2 is 1.93 bits per heavy atom. The van der Waals surface area contributed by atoms with E-state index in [1.807, 2.05) is 56.3 Å². The molecule has 0 spiro atoms. The maximum Gasteiger partial charge on any atom is 0.296 e. The van der Waals surface area contributed by atoms with Crippen LogP contribution in [0.3, 0.4) is 0 Å². The van der Waals surface area contributed by atoms with Crippen LogP contribution < -0.4 is 10.1 Å². The molecule has 30 heavy (non-hydrogen) atoms.